The van der Waals surface area contributed by atoms with Gasteiger partial charge in [0.15, 0.2) is 5.76 Å². The van der Waals surface area contributed by atoms with E-state index in [4.69, 9.17) is 10.3 Å². The van der Waals surface area contributed by atoms with E-state index in [9.17, 15) is 18.4 Å². The van der Waals surface area contributed by atoms with Crippen LogP contribution in [0.15, 0.2) is 76.2 Å². The van der Waals surface area contributed by atoms with Crippen LogP contribution >= 0.6 is 0 Å². The zero-order valence-electron chi connectivity index (χ0n) is 18.3. The molecule has 2 aromatic heterocycles. The van der Waals surface area contributed by atoms with Crippen molar-refractivity contribution in [3.63, 3.8) is 0 Å². The number of nitrogens with zero attached hydrogens (tertiary/aromatic N) is 3. The van der Waals surface area contributed by atoms with Crippen molar-refractivity contribution >= 4 is 11.6 Å². The summed E-state index contributed by atoms with van der Waals surface area (Å²) >= 11 is 0. The quantitative estimate of drug-likeness (QED) is 0.415. The van der Waals surface area contributed by atoms with Gasteiger partial charge >= 0.3 is 0 Å². The fraction of sp³-hybridized carbons (Fsp3) is 0.167. The van der Waals surface area contributed by atoms with Crippen molar-refractivity contribution in [1.29, 1.82) is 0 Å². The first-order valence-corrected chi connectivity index (χ1v) is 10.3. The molecule has 0 bridgehead atoms. The minimum atomic E-state index is -3.08. The number of alkyl halides is 2. The molecule has 0 unspecified atom stereocenters. The monoisotopic (exact) mass is 465 g/mol. The molecular formula is C24H21F2N5O3. The minimum Gasteiger partial charge on any atom is -0.399 e. The van der Waals surface area contributed by atoms with Crippen molar-refractivity contribution < 1.29 is 18.1 Å². The van der Waals surface area contributed by atoms with Crippen LogP contribution < -0.4 is 16.6 Å². The summed E-state index contributed by atoms with van der Waals surface area (Å²) in [5.41, 5.74) is 6.74. The van der Waals surface area contributed by atoms with E-state index >= 15 is 0 Å². The Morgan fingerprint density at radius 3 is 2.65 bits per heavy atom. The van der Waals surface area contributed by atoms with Crippen LogP contribution in [-0.2, 0) is 5.92 Å². The van der Waals surface area contributed by atoms with Crippen LogP contribution in [0.1, 0.15) is 41.5 Å². The molecule has 10 heteroatoms. The average Bonchev–Trinajstić information content (AvgIpc) is 3.33. The van der Waals surface area contributed by atoms with Gasteiger partial charge in [0.25, 0.3) is 17.4 Å². The highest BCUT2D eigenvalue weighted by Gasteiger charge is 2.26. The second-order valence-electron chi connectivity index (χ2n) is 7.87. The SMILES string of the molecule is C[C@@H](NC(=O)c1ccc(=O)n(-c2cccc(-c3ccno3)c2)n1)c1cc(N)cc(C(C)(F)F)c1. The van der Waals surface area contributed by atoms with Gasteiger partial charge in [0, 0.05) is 35.9 Å². The molecule has 0 saturated carbocycles. The van der Waals surface area contributed by atoms with E-state index in [0.717, 1.165) is 11.6 Å². The maximum absolute atomic E-state index is 13.8. The highest BCUT2D eigenvalue weighted by atomic mass is 19.3. The summed E-state index contributed by atoms with van der Waals surface area (Å²) < 4.78 is 33.8. The molecule has 0 aliphatic rings. The van der Waals surface area contributed by atoms with Gasteiger partial charge < -0.3 is 15.6 Å². The lowest BCUT2D eigenvalue weighted by atomic mass is 10.0. The van der Waals surface area contributed by atoms with Crippen LogP contribution in [0.25, 0.3) is 17.0 Å². The summed E-state index contributed by atoms with van der Waals surface area (Å²) in [7, 11) is 0. The number of nitrogens with one attached hydrogen (secondary N) is 1. The normalized spacial score (nSPS) is 12.4. The fourth-order valence-corrected chi connectivity index (χ4v) is 3.41. The van der Waals surface area contributed by atoms with Gasteiger partial charge in [-0.15, -0.1) is 0 Å². The predicted octanol–water partition coefficient (Wildman–Crippen LogP) is 4.07. The van der Waals surface area contributed by atoms with Crippen LogP contribution in [-0.4, -0.2) is 20.8 Å². The Morgan fingerprint density at radius 1 is 1.15 bits per heavy atom. The van der Waals surface area contributed by atoms with E-state index < -0.39 is 23.4 Å². The molecule has 0 spiro atoms. The number of nitrogen functional groups attached to an aromatic ring is 1. The number of aromatic nitrogens is 3. The summed E-state index contributed by atoms with van der Waals surface area (Å²) in [6.45, 7) is 2.42. The van der Waals surface area contributed by atoms with Gasteiger partial charge in [-0.25, -0.2) is 8.78 Å². The molecule has 4 rings (SSSR count). The first-order valence-electron chi connectivity index (χ1n) is 10.3. The summed E-state index contributed by atoms with van der Waals surface area (Å²) in [6.07, 6.45) is 1.50. The van der Waals surface area contributed by atoms with Crippen molar-refractivity contribution in [2.24, 2.45) is 0 Å². The van der Waals surface area contributed by atoms with Crippen molar-refractivity contribution in [3.05, 3.63) is 94.0 Å². The first kappa shape index (κ1) is 22.8. The number of benzene rings is 2. The molecule has 0 radical (unpaired) electrons. The lowest BCUT2D eigenvalue weighted by molar-refractivity contribution is 0.0174. The molecule has 0 saturated heterocycles. The van der Waals surface area contributed by atoms with Gasteiger partial charge in [-0.2, -0.15) is 9.78 Å². The second-order valence-corrected chi connectivity index (χ2v) is 7.87. The number of carbonyl (C=O) groups is 1. The van der Waals surface area contributed by atoms with Gasteiger partial charge in [-0.3, -0.25) is 9.59 Å². The lowest BCUT2D eigenvalue weighted by Gasteiger charge is -2.18. The van der Waals surface area contributed by atoms with E-state index in [1.807, 2.05) is 0 Å². The topological polar surface area (TPSA) is 116 Å². The smallest absolute Gasteiger partial charge is 0.272 e. The van der Waals surface area contributed by atoms with Gasteiger partial charge in [0.05, 0.1) is 17.9 Å². The largest absolute Gasteiger partial charge is 0.399 e. The zero-order valence-corrected chi connectivity index (χ0v) is 18.3. The summed E-state index contributed by atoms with van der Waals surface area (Å²) in [5, 5.41) is 10.6. The number of anilines is 1. The number of nitrogens with two attached hydrogens (primary N) is 1. The molecule has 34 heavy (non-hydrogen) atoms. The Kier molecular flexibility index (Phi) is 5.97. The zero-order chi connectivity index (χ0) is 24.5. The Hall–Kier alpha value is -4.34. The van der Waals surface area contributed by atoms with Gasteiger partial charge in [0.2, 0.25) is 0 Å². The fourth-order valence-electron chi connectivity index (χ4n) is 3.41. The van der Waals surface area contributed by atoms with Crippen molar-refractivity contribution in [2.75, 3.05) is 5.73 Å². The van der Waals surface area contributed by atoms with Gasteiger partial charge in [-0.1, -0.05) is 17.3 Å². The lowest BCUT2D eigenvalue weighted by Crippen LogP contribution is -2.31. The predicted molar refractivity (Wildman–Crippen MR) is 122 cm³/mol. The number of amides is 1. The van der Waals surface area contributed by atoms with E-state index in [1.165, 1.54) is 36.5 Å². The molecule has 174 valence electrons. The number of carbonyl (C=O) groups excluding carboxylic acids is 1. The van der Waals surface area contributed by atoms with Crippen LogP contribution in [0.4, 0.5) is 14.5 Å². The van der Waals surface area contributed by atoms with Crippen molar-refractivity contribution in [1.82, 2.24) is 20.3 Å². The van der Waals surface area contributed by atoms with E-state index in [1.54, 1.807) is 37.3 Å². The second kappa shape index (κ2) is 8.89. The third kappa shape index (κ3) is 4.85. The number of hydrogen-bond donors (Lipinski definition) is 2. The molecule has 1 amide bonds. The van der Waals surface area contributed by atoms with E-state index in [-0.39, 0.29) is 16.9 Å². The van der Waals surface area contributed by atoms with Crippen LogP contribution in [0.3, 0.4) is 0 Å². The molecule has 3 N–H and O–H groups in total. The standard InChI is InChI=1S/C24H21F2N5O3/c1-14(16-10-17(24(2,25)26)13-18(27)11-16)29-23(33)20-6-7-22(32)31(30-20)19-5-3-4-15(12-19)21-8-9-28-34-21/h3-14H,27H2,1-2H3,(H,29,33)/t14-/m1/s1. The first-order chi connectivity index (χ1) is 16.1. The van der Waals surface area contributed by atoms with E-state index in [2.05, 4.69) is 15.6 Å². The third-order valence-electron chi connectivity index (χ3n) is 5.18. The van der Waals surface area contributed by atoms with Crippen LogP contribution in [0, 0.1) is 0 Å². The number of halogens is 2. The summed E-state index contributed by atoms with van der Waals surface area (Å²) in [6, 6.07) is 14.4. The Morgan fingerprint density at radius 2 is 1.94 bits per heavy atom. The highest BCUT2D eigenvalue weighted by molar-refractivity contribution is 5.92. The molecule has 0 fully saturated rings. The molecule has 2 aromatic carbocycles. The van der Waals surface area contributed by atoms with Crippen LogP contribution in [0.2, 0.25) is 0 Å². The maximum Gasteiger partial charge on any atom is 0.272 e. The van der Waals surface area contributed by atoms with Crippen molar-refractivity contribution in [3.8, 4) is 17.0 Å². The highest BCUT2D eigenvalue weighted by Crippen LogP contribution is 2.31. The molecule has 0 aliphatic heterocycles. The molecular weight excluding hydrogens is 444 g/mol. The van der Waals surface area contributed by atoms with Gasteiger partial charge in [0.1, 0.15) is 5.69 Å². The van der Waals surface area contributed by atoms with Crippen molar-refractivity contribution in [2.45, 2.75) is 25.8 Å². The van der Waals surface area contributed by atoms with Gasteiger partial charge in [-0.05, 0) is 48.9 Å². The maximum atomic E-state index is 13.8. The molecule has 2 heterocycles. The molecule has 4 aromatic rings. The average molecular weight is 465 g/mol. The number of rotatable bonds is 6. The summed E-state index contributed by atoms with van der Waals surface area (Å²) in [5.74, 6) is -3.15. The third-order valence-corrected chi connectivity index (χ3v) is 5.18. The molecule has 0 aliphatic carbocycles. The Bertz CT molecular complexity index is 1390. The summed E-state index contributed by atoms with van der Waals surface area (Å²) in [4.78, 5) is 25.3. The number of hydrogen-bond acceptors (Lipinski definition) is 6. The Balaban J connectivity index is 1.60. The molecule has 8 nitrogen and oxygen atoms in total. The minimum absolute atomic E-state index is 0.0264. The van der Waals surface area contributed by atoms with Crippen LogP contribution in [0.5, 0.6) is 0 Å². The molecule has 1 atom stereocenters. The van der Waals surface area contributed by atoms with E-state index in [0.29, 0.717) is 22.6 Å². The Labute approximate surface area is 193 Å².